The maximum atomic E-state index is 13.5. The molecule has 22 heavy (non-hydrogen) atoms. The summed E-state index contributed by atoms with van der Waals surface area (Å²) >= 11 is 1.66. The van der Waals surface area contributed by atoms with Gasteiger partial charge in [0.2, 0.25) is 5.91 Å². The summed E-state index contributed by atoms with van der Waals surface area (Å²) in [6, 6.07) is 10.6. The maximum Gasteiger partial charge on any atom is 0.220 e. The first-order valence-electron chi connectivity index (χ1n) is 7.19. The van der Waals surface area contributed by atoms with Crippen molar-refractivity contribution in [2.24, 2.45) is 0 Å². The molecule has 0 saturated carbocycles. The lowest BCUT2D eigenvalue weighted by Gasteiger charge is -2.14. The van der Waals surface area contributed by atoms with Crippen molar-refractivity contribution in [1.29, 1.82) is 0 Å². The molecule has 0 radical (unpaired) electrons. The van der Waals surface area contributed by atoms with E-state index in [1.165, 1.54) is 10.9 Å². The van der Waals surface area contributed by atoms with Gasteiger partial charge in [-0.2, -0.15) is 0 Å². The molecule has 1 aromatic heterocycles. The predicted molar refractivity (Wildman–Crippen MR) is 86.5 cm³/mol. The Hall–Kier alpha value is -1.72. The summed E-state index contributed by atoms with van der Waals surface area (Å²) in [7, 11) is 1.63. The van der Waals surface area contributed by atoms with E-state index in [-0.39, 0.29) is 24.2 Å². The average molecular weight is 321 g/mol. The summed E-state index contributed by atoms with van der Waals surface area (Å²) in [5.41, 5.74) is 0.565. The quantitative estimate of drug-likeness (QED) is 0.845. The van der Waals surface area contributed by atoms with Crippen LogP contribution in [0.15, 0.2) is 36.4 Å². The second-order valence-corrected chi connectivity index (χ2v) is 6.39. The van der Waals surface area contributed by atoms with Gasteiger partial charge in [-0.15, -0.1) is 11.3 Å². The largest absolute Gasteiger partial charge is 0.374 e. The Labute approximate surface area is 134 Å². The highest BCUT2D eigenvalue weighted by Crippen LogP contribution is 2.24. The summed E-state index contributed by atoms with van der Waals surface area (Å²) in [5, 5.41) is 2.85. The lowest BCUT2D eigenvalue weighted by atomic mass is 10.1. The molecular weight excluding hydrogens is 301 g/mol. The molecule has 0 bridgehead atoms. The third-order valence-electron chi connectivity index (χ3n) is 3.43. The van der Waals surface area contributed by atoms with Crippen molar-refractivity contribution in [2.75, 3.05) is 13.7 Å². The molecule has 2 aromatic rings. The van der Waals surface area contributed by atoms with E-state index in [0.717, 1.165) is 4.88 Å². The number of nitrogens with one attached hydrogen (secondary N) is 1. The Kier molecular flexibility index (Phi) is 6.10. The van der Waals surface area contributed by atoms with Crippen molar-refractivity contribution < 1.29 is 13.9 Å². The van der Waals surface area contributed by atoms with Gasteiger partial charge in [0.05, 0.1) is 0 Å². The van der Waals surface area contributed by atoms with Gasteiger partial charge in [0.1, 0.15) is 11.9 Å². The van der Waals surface area contributed by atoms with Crippen molar-refractivity contribution in [3.63, 3.8) is 0 Å². The van der Waals surface area contributed by atoms with E-state index in [0.29, 0.717) is 18.5 Å². The fraction of sp³-hybridized carbons (Fsp3) is 0.353. The minimum Gasteiger partial charge on any atom is -0.374 e. The number of ether oxygens (including phenoxy) is 1. The fourth-order valence-electron chi connectivity index (χ4n) is 2.17. The van der Waals surface area contributed by atoms with E-state index >= 15 is 0 Å². The zero-order chi connectivity index (χ0) is 15.9. The molecule has 1 atom stereocenters. The van der Waals surface area contributed by atoms with E-state index in [1.807, 2.05) is 19.1 Å². The molecule has 1 aromatic carbocycles. The summed E-state index contributed by atoms with van der Waals surface area (Å²) in [6.07, 6.45) is 0.519. The molecule has 0 spiro atoms. The van der Waals surface area contributed by atoms with E-state index < -0.39 is 0 Å². The molecular formula is C17H20FNO2S. The summed E-state index contributed by atoms with van der Waals surface area (Å²) in [4.78, 5) is 14.2. The van der Waals surface area contributed by atoms with Crippen LogP contribution < -0.4 is 5.32 Å². The van der Waals surface area contributed by atoms with Crippen LogP contribution in [0.4, 0.5) is 4.39 Å². The number of amides is 1. The number of hydrogen-bond donors (Lipinski definition) is 1. The van der Waals surface area contributed by atoms with Gasteiger partial charge in [-0.3, -0.25) is 4.79 Å². The Balaban J connectivity index is 1.81. The van der Waals surface area contributed by atoms with Crippen LogP contribution in [0.5, 0.6) is 0 Å². The molecule has 1 heterocycles. The van der Waals surface area contributed by atoms with Crippen LogP contribution >= 0.6 is 11.3 Å². The Bertz CT molecular complexity index is 627. The Morgan fingerprint density at radius 1 is 1.32 bits per heavy atom. The van der Waals surface area contributed by atoms with Crippen LogP contribution in [0, 0.1) is 12.7 Å². The molecule has 1 amide bonds. The van der Waals surface area contributed by atoms with Gasteiger partial charge in [-0.25, -0.2) is 4.39 Å². The Morgan fingerprint density at radius 3 is 2.73 bits per heavy atom. The van der Waals surface area contributed by atoms with E-state index in [1.54, 1.807) is 36.6 Å². The molecule has 5 heteroatoms. The van der Waals surface area contributed by atoms with Crippen molar-refractivity contribution in [3.8, 4) is 0 Å². The SMILES string of the molecule is CO[C@@H](CNC(=O)CCc1ccccc1F)c1ccc(C)s1. The highest BCUT2D eigenvalue weighted by atomic mass is 32.1. The van der Waals surface area contributed by atoms with Crippen LogP contribution in [-0.4, -0.2) is 19.6 Å². The molecule has 0 saturated heterocycles. The van der Waals surface area contributed by atoms with E-state index in [9.17, 15) is 9.18 Å². The van der Waals surface area contributed by atoms with Crippen LogP contribution in [0.1, 0.15) is 27.8 Å². The standard InChI is InChI=1S/C17H20FNO2S/c1-12-7-9-16(22-12)15(21-2)11-19-17(20)10-8-13-5-3-4-6-14(13)18/h3-7,9,15H,8,10-11H2,1-2H3,(H,19,20)/t15-/m0/s1. The lowest BCUT2D eigenvalue weighted by molar-refractivity contribution is -0.121. The monoisotopic (exact) mass is 321 g/mol. The lowest BCUT2D eigenvalue weighted by Crippen LogP contribution is -2.29. The third-order valence-corrected chi connectivity index (χ3v) is 4.52. The van der Waals surface area contributed by atoms with Gasteiger partial charge in [0, 0.05) is 29.8 Å². The zero-order valence-corrected chi connectivity index (χ0v) is 13.6. The number of benzene rings is 1. The maximum absolute atomic E-state index is 13.5. The van der Waals surface area contributed by atoms with Crippen LogP contribution in [0.25, 0.3) is 0 Å². The molecule has 0 aliphatic carbocycles. The predicted octanol–water partition coefficient (Wildman–Crippen LogP) is 3.63. The fourth-order valence-corrected chi connectivity index (χ4v) is 3.13. The molecule has 0 unspecified atom stereocenters. The van der Waals surface area contributed by atoms with Gasteiger partial charge in [-0.05, 0) is 37.1 Å². The first-order chi connectivity index (χ1) is 10.6. The van der Waals surface area contributed by atoms with E-state index in [2.05, 4.69) is 5.32 Å². The van der Waals surface area contributed by atoms with Crippen LogP contribution in [-0.2, 0) is 16.0 Å². The smallest absolute Gasteiger partial charge is 0.220 e. The summed E-state index contributed by atoms with van der Waals surface area (Å²) in [6.45, 7) is 2.46. The molecule has 2 rings (SSSR count). The van der Waals surface area contributed by atoms with Gasteiger partial charge >= 0.3 is 0 Å². The normalized spacial score (nSPS) is 12.1. The third kappa shape index (κ3) is 4.64. The number of halogens is 1. The zero-order valence-electron chi connectivity index (χ0n) is 12.8. The second kappa shape index (κ2) is 8.06. The highest BCUT2D eigenvalue weighted by molar-refractivity contribution is 7.12. The number of carbonyl (C=O) groups excluding carboxylic acids is 1. The number of aryl methyl sites for hydroxylation is 2. The average Bonchev–Trinajstić information content (AvgIpc) is 2.93. The second-order valence-electron chi connectivity index (χ2n) is 5.07. The van der Waals surface area contributed by atoms with Crippen molar-refractivity contribution >= 4 is 17.2 Å². The van der Waals surface area contributed by atoms with Crippen LogP contribution in [0.2, 0.25) is 0 Å². The first kappa shape index (κ1) is 16.6. The minimum atomic E-state index is -0.265. The topological polar surface area (TPSA) is 38.3 Å². The molecule has 3 nitrogen and oxygen atoms in total. The molecule has 0 aliphatic rings. The summed E-state index contributed by atoms with van der Waals surface area (Å²) in [5.74, 6) is -0.363. The van der Waals surface area contributed by atoms with Gasteiger partial charge in [0.25, 0.3) is 0 Å². The van der Waals surface area contributed by atoms with Crippen LogP contribution in [0.3, 0.4) is 0 Å². The number of methoxy groups -OCH3 is 1. The number of rotatable bonds is 7. The molecule has 118 valence electrons. The molecule has 0 aliphatic heterocycles. The van der Waals surface area contributed by atoms with Gasteiger partial charge in [0.15, 0.2) is 0 Å². The summed E-state index contributed by atoms with van der Waals surface area (Å²) < 4.78 is 18.9. The molecule has 1 N–H and O–H groups in total. The molecule has 0 fully saturated rings. The van der Waals surface area contributed by atoms with Crippen molar-refractivity contribution in [1.82, 2.24) is 5.32 Å². The van der Waals surface area contributed by atoms with Crippen molar-refractivity contribution in [2.45, 2.75) is 25.9 Å². The minimum absolute atomic E-state index is 0.0985. The highest BCUT2D eigenvalue weighted by Gasteiger charge is 2.14. The Morgan fingerprint density at radius 2 is 2.09 bits per heavy atom. The van der Waals surface area contributed by atoms with Crippen molar-refractivity contribution in [3.05, 3.63) is 57.5 Å². The number of carbonyl (C=O) groups is 1. The van der Waals surface area contributed by atoms with Gasteiger partial charge < -0.3 is 10.1 Å². The van der Waals surface area contributed by atoms with E-state index in [4.69, 9.17) is 4.74 Å². The first-order valence-corrected chi connectivity index (χ1v) is 8.01. The van der Waals surface area contributed by atoms with Gasteiger partial charge in [-0.1, -0.05) is 18.2 Å². The number of hydrogen-bond acceptors (Lipinski definition) is 3. The number of thiophene rings is 1.